The van der Waals surface area contributed by atoms with Crippen LogP contribution < -0.4 is 15.5 Å². The molecule has 1 fully saturated rings. The number of fused-ring (bicyclic) bond motifs is 1. The summed E-state index contributed by atoms with van der Waals surface area (Å²) < 4.78 is 15.8. The number of hydrogen-bond donors (Lipinski definition) is 2. The number of anilines is 2. The van der Waals surface area contributed by atoms with Gasteiger partial charge in [-0.2, -0.15) is 4.39 Å². The first-order valence-electron chi connectivity index (χ1n) is 8.56. The summed E-state index contributed by atoms with van der Waals surface area (Å²) in [7, 11) is 0. The van der Waals surface area contributed by atoms with Gasteiger partial charge in [-0.3, -0.25) is 14.0 Å². The Morgan fingerprint density at radius 3 is 2.68 bits per heavy atom. The van der Waals surface area contributed by atoms with Gasteiger partial charge in [0.05, 0.1) is 11.4 Å². The van der Waals surface area contributed by atoms with E-state index in [0.717, 1.165) is 10.5 Å². The molecule has 9 heteroatoms. The first kappa shape index (κ1) is 17.7. The number of carbonyl (C=O) groups is 3. The number of hydrogen-bond acceptors (Lipinski definition) is 4. The number of halogens is 1. The van der Waals surface area contributed by atoms with E-state index in [1.807, 2.05) is 0 Å². The third-order valence-electron chi connectivity index (χ3n) is 4.45. The van der Waals surface area contributed by atoms with E-state index in [9.17, 15) is 18.8 Å². The smallest absolute Gasteiger partial charge is 0.326 e. The molecule has 0 saturated carbocycles. The highest BCUT2D eigenvalue weighted by atomic mass is 19.1. The second-order valence-corrected chi connectivity index (χ2v) is 6.50. The first-order chi connectivity index (χ1) is 13.4. The Morgan fingerprint density at radius 2 is 1.96 bits per heavy atom. The Morgan fingerprint density at radius 1 is 1.21 bits per heavy atom. The molecule has 2 N–H and O–H groups in total. The fraction of sp³-hybridized carbons (Fsp3) is 0.158. The Kier molecular flexibility index (Phi) is 4.07. The molecule has 4 amide bonds. The predicted octanol–water partition coefficient (Wildman–Crippen LogP) is 2.48. The maximum absolute atomic E-state index is 14.7. The fourth-order valence-corrected chi connectivity index (χ4v) is 3.06. The number of aromatic nitrogens is 2. The molecule has 8 nitrogen and oxygen atoms in total. The average Bonchev–Trinajstić information content (AvgIpc) is 3.12. The van der Waals surface area contributed by atoms with Crippen LogP contribution in [0.4, 0.5) is 20.6 Å². The molecule has 4 rings (SSSR count). The SMILES string of the molecule is Cc1ccc2nc(C(=O)Nc3ccccc3N3C(=O)NC(C)C3=O)c(F)n2c1. The maximum atomic E-state index is 14.7. The topological polar surface area (TPSA) is 95.8 Å². The van der Waals surface area contributed by atoms with Crippen LogP contribution in [-0.4, -0.2) is 33.3 Å². The van der Waals surface area contributed by atoms with Crippen LogP contribution in [0.1, 0.15) is 23.0 Å². The van der Waals surface area contributed by atoms with E-state index in [-0.39, 0.29) is 17.1 Å². The number of imide groups is 1. The molecule has 1 atom stereocenters. The lowest BCUT2D eigenvalue weighted by atomic mass is 10.2. The quantitative estimate of drug-likeness (QED) is 0.682. The molecule has 0 aliphatic carbocycles. The predicted molar refractivity (Wildman–Crippen MR) is 99.8 cm³/mol. The van der Waals surface area contributed by atoms with Crippen molar-refractivity contribution in [3.63, 3.8) is 0 Å². The van der Waals surface area contributed by atoms with Crippen molar-refractivity contribution in [2.24, 2.45) is 0 Å². The second kappa shape index (κ2) is 6.45. The molecular weight excluding hydrogens is 365 g/mol. The summed E-state index contributed by atoms with van der Waals surface area (Å²) in [5, 5.41) is 5.06. The van der Waals surface area contributed by atoms with Gasteiger partial charge in [0, 0.05) is 6.20 Å². The lowest BCUT2D eigenvalue weighted by Gasteiger charge is -2.17. The minimum absolute atomic E-state index is 0.192. The van der Waals surface area contributed by atoms with Gasteiger partial charge in [0.25, 0.3) is 11.8 Å². The zero-order valence-corrected chi connectivity index (χ0v) is 15.1. The fourth-order valence-electron chi connectivity index (χ4n) is 3.06. The maximum Gasteiger partial charge on any atom is 0.329 e. The summed E-state index contributed by atoms with van der Waals surface area (Å²) >= 11 is 0. The van der Waals surface area contributed by atoms with Gasteiger partial charge in [0.2, 0.25) is 5.95 Å². The van der Waals surface area contributed by atoms with Gasteiger partial charge < -0.3 is 10.6 Å². The van der Waals surface area contributed by atoms with Gasteiger partial charge in [-0.15, -0.1) is 0 Å². The standard InChI is InChI=1S/C19H16FN5O3/c1-10-7-8-14-23-15(16(20)24(14)9-10)17(26)22-12-5-3-4-6-13(12)25-18(27)11(2)21-19(25)28/h3-9,11H,1-2H3,(H,21,28)(H,22,26). The average molecular weight is 381 g/mol. The van der Waals surface area contributed by atoms with Crippen molar-refractivity contribution >= 4 is 34.9 Å². The molecule has 142 valence electrons. The number of aryl methyl sites for hydroxylation is 1. The first-order valence-corrected chi connectivity index (χ1v) is 8.56. The van der Waals surface area contributed by atoms with Crippen molar-refractivity contribution < 1.29 is 18.8 Å². The highest BCUT2D eigenvalue weighted by molar-refractivity contribution is 6.23. The lowest BCUT2D eigenvalue weighted by molar-refractivity contribution is -0.117. The van der Waals surface area contributed by atoms with Crippen LogP contribution in [-0.2, 0) is 4.79 Å². The van der Waals surface area contributed by atoms with Crippen LogP contribution in [0.25, 0.3) is 5.65 Å². The summed E-state index contributed by atoms with van der Waals surface area (Å²) in [5.41, 5.74) is 1.12. The molecule has 0 bridgehead atoms. The number of benzene rings is 1. The van der Waals surface area contributed by atoms with Crippen LogP contribution in [0.15, 0.2) is 42.6 Å². The molecule has 28 heavy (non-hydrogen) atoms. The summed E-state index contributed by atoms with van der Waals surface area (Å²) in [6.45, 7) is 3.36. The summed E-state index contributed by atoms with van der Waals surface area (Å²) in [5.74, 6) is -2.02. The number of rotatable bonds is 3. The number of para-hydroxylation sites is 2. The van der Waals surface area contributed by atoms with Crippen molar-refractivity contribution in [2.75, 3.05) is 10.2 Å². The number of amides is 4. The Balaban J connectivity index is 1.69. The highest BCUT2D eigenvalue weighted by Crippen LogP contribution is 2.29. The lowest BCUT2D eigenvalue weighted by Crippen LogP contribution is -2.32. The van der Waals surface area contributed by atoms with Crippen molar-refractivity contribution in [3.8, 4) is 0 Å². The monoisotopic (exact) mass is 381 g/mol. The van der Waals surface area contributed by atoms with E-state index in [0.29, 0.717) is 5.65 Å². The number of carbonyl (C=O) groups excluding carboxylic acids is 3. The van der Waals surface area contributed by atoms with Gasteiger partial charge in [-0.25, -0.2) is 14.7 Å². The molecule has 0 radical (unpaired) electrons. The van der Waals surface area contributed by atoms with Crippen LogP contribution in [0, 0.1) is 12.9 Å². The number of nitrogens with one attached hydrogen (secondary N) is 2. The Bertz CT molecular complexity index is 1140. The number of nitrogens with zero attached hydrogens (tertiary/aromatic N) is 3. The van der Waals surface area contributed by atoms with Crippen LogP contribution in [0.2, 0.25) is 0 Å². The van der Waals surface area contributed by atoms with Crippen molar-refractivity contribution in [1.82, 2.24) is 14.7 Å². The highest BCUT2D eigenvalue weighted by Gasteiger charge is 2.37. The zero-order chi connectivity index (χ0) is 20.0. The molecule has 1 unspecified atom stereocenters. The summed E-state index contributed by atoms with van der Waals surface area (Å²) in [6, 6.07) is 8.41. The molecule has 2 aromatic heterocycles. The third-order valence-corrected chi connectivity index (χ3v) is 4.45. The summed E-state index contributed by atoms with van der Waals surface area (Å²) in [6.07, 6.45) is 1.54. The van der Waals surface area contributed by atoms with Crippen LogP contribution in [0.5, 0.6) is 0 Å². The minimum Gasteiger partial charge on any atom is -0.326 e. The van der Waals surface area contributed by atoms with E-state index in [2.05, 4.69) is 15.6 Å². The Hall–Kier alpha value is -3.75. The van der Waals surface area contributed by atoms with E-state index >= 15 is 0 Å². The molecule has 0 spiro atoms. The van der Waals surface area contributed by atoms with Gasteiger partial charge in [-0.05, 0) is 37.6 Å². The molecule has 1 aromatic carbocycles. The normalized spacial score (nSPS) is 16.5. The minimum atomic E-state index is -0.794. The number of imidazole rings is 1. The molecule has 3 heterocycles. The third kappa shape index (κ3) is 2.77. The zero-order valence-electron chi connectivity index (χ0n) is 15.1. The van der Waals surface area contributed by atoms with Gasteiger partial charge in [0.15, 0.2) is 5.69 Å². The molecule has 1 saturated heterocycles. The molecule has 1 aliphatic rings. The number of pyridine rings is 1. The summed E-state index contributed by atoms with van der Waals surface area (Å²) in [4.78, 5) is 42.0. The van der Waals surface area contributed by atoms with E-state index < -0.39 is 29.8 Å². The van der Waals surface area contributed by atoms with E-state index in [1.54, 1.807) is 38.1 Å². The second-order valence-electron chi connectivity index (χ2n) is 6.50. The number of urea groups is 1. The van der Waals surface area contributed by atoms with Gasteiger partial charge >= 0.3 is 6.03 Å². The van der Waals surface area contributed by atoms with Gasteiger partial charge in [0.1, 0.15) is 11.7 Å². The molecule has 3 aromatic rings. The molecular formula is C19H16FN5O3. The largest absolute Gasteiger partial charge is 0.329 e. The van der Waals surface area contributed by atoms with Crippen LogP contribution >= 0.6 is 0 Å². The Labute approximate surface area is 159 Å². The van der Waals surface area contributed by atoms with Crippen molar-refractivity contribution in [1.29, 1.82) is 0 Å². The van der Waals surface area contributed by atoms with Crippen LogP contribution in [0.3, 0.4) is 0 Å². The van der Waals surface area contributed by atoms with Gasteiger partial charge in [-0.1, -0.05) is 18.2 Å². The van der Waals surface area contributed by atoms with E-state index in [4.69, 9.17) is 0 Å². The molecule has 1 aliphatic heterocycles. The van der Waals surface area contributed by atoms with Crippen molar-refractivity contribution in [2.45, 2.75) is 19.9 Å². The van der Waals surface area contributed by atoms with Crippen molar-refractivity contribution in [3.05, 3.63) is 59.8 Å². The van der Waals surface area contributed by atoms with E-state index in [1.165, 1.54) is 22.7 Å².